The summed E-state index contributed by atoms with van der Waals surface area (Å²) >= 11 is 0. The van der Waals surface area contributed by atoms with Crippen molar-refractivity contribution in [1.29, 1.82) is 0 Å². The second-order valence-corrected chi connectivity index (χ2v) is 9.58. The van der Waals surface area contributed by atoms with Crippen LogP contribution in [0.15, 0.2) is 21.9 Å². The first-order valence-electron chi connectivity index (χ1n) is 8.96. The van der Waals surface area contributed by atoms with E-state index in [1.54, 1.807) is 0 Å². The maximum absolute atomic E-state index is 12.2. The van der Waals surface area contributed by atoms with E-state index in [9.17, 15) is 24.4 Å². The van der Waals surface area contributed by atoms with Gasteiger partial charge < -0.3 is 14.7 Å². The largest absolute Gasteiger partial charge is 0.390 e. The molecule has 6 atom stereocenters. The molecule has 26 heavy (non-hydrogen) atoms. The summed E-state index contributed by atoms with van der Waals surface area (Å²) in [5, 5.41) is 20.8. The first-order chi connectivity index (χ1) is 12.1. The predicted molar refractivity (Wildman–Crippen MR) is 99.0 cm³/mol. The molecule has 1 aromatic heterocycles. The number of nitrogens with one attached hydrogen (secondary N) is 1. The van der Waals surface area contributed by atoms with E-state index >= 15 is 0 Å². The Balaban J connectivity index is 2.13. The molecule has 0 radical (unpaired) electrons. The molecule has 3 N–H and O–H groups in total. The standard InChI is InChI=1S/C17H29N2O6P/c1-5-10(2)26(24)25-17(3,4)9-11-8-12(15(22)14(11)21)19-7-6-13(20)18-16(19)23/h6-7,10-12,14-15,21-22,26H,5,8-9H2,1-4H3,(H,18,20,23)/t10?,11-,12?,14?,15+/m1/s1. The lowest BCUT2D eigenvalue weighted by Crippen LogP contribution is -2.37. The van der Waals surface area contributed by atoms with Crippen molar-refractivity contribution in [2.75, 3.05) is 0 Å². The summed E-state index contributed by atoms with van der Waals surface area (Å²) in [6.07, 6.45) is 0.667. The van der Waals surface area contributed by atoms with Gasteiger partial charge in [-0.15, -0.1) is 0 Å². The van der Waals surface area contributed by atoms with Gasteiger partial charge in [-0.3, -0.25) is 18.9 Å². The summed E-state index contributed by atoms with van der Waals surface area (Å²) in [5.74, 6) is -0.324. The summed E-state index contributed by atoms with van der Waals surface area (Å²) in [6.45, 7) is 7.46. The Kier molecular flexibility index (Phi) is 6.66. The molecule has 1 heterocycles. The van der Waals surface area contributed by atoms with Crippen LogP contribution >= 0.6 is 8.03 Å². The maximum atomic E-state index is 12.2. The van der Waals surface area contributed by atoms with Gasteiger partial charge in [0.05, 0.1) is 17.7 Å². The molecule has 0 aliphatic heterocycles. The van der Waals surface area contributed by atoms with Crippen molar-refractivity contribution < 1.29 is 19.3 Å². The maximum Gasteiger partial charge on any atom is 0.328 e. The van der Waals surface area contributed by atoms with Crippen molar-refractivity contribution in [3.63, 3.8) is 0 Å². The first-order valence-corrected chi connectivity index (χ1v) is 10.4. The topological polar surface area (TPSA) is 122 Å². The minimum Gasteiger partial charge on any atom is -0.390 e. The summed E-state index contributed by atoms with van der Waals surface area (Å²) in [4.78, 5) is 25.3. The molecule has 1 saturated carbocycles. The van der Waals surface area contributed by atoms with Crippen LogP contribution in [0.1, 0.15) is 53.0 Å². The zero-order valence-corrected chi connectivity index (χ0v) is 16.6. The van der Waals surface area contributed by atoms with Gasteiger partial charge >= 0.3 is 5.69 Å². The van der Waals surface area contributed by atoms with Gasteiger partial charge in [0.15, 0.2) is 8.03 Å². The number of nitrogens with zero attached hydrogens (tertiary/aromatic N) is 1. The fraction of sp³-hybridized carbons (Fsp3) is 0.765. The van der Waals surface area contributed by atoms with Crippen LogP contribution in [0.4, 0.5) is 0 Å². The Bertz CT molecular complexity index is 758. The molecule has 0 saturated heterocycles. The summed E-state index contributed by atoms with van der Waals surface area (Å²) in [7, 11) is -2.21. The first kappa shape index (κ1) is 21.1. The van der Waals surface area contributed by atoms with E-state index in [0.29, 0.717) is 12.8 Å². The molecule has 1 aliphatic carbocycles. The third kappa shape index (κ3) is 4.74. The highest BCUT2D eigenvalue weighted by atomic mass is 31.1. The number of rotatable bonds is 7. The van der Waals surface area contributed by atoms with Crippen LogP contribution in [0.3, 0.4) is 0 Å². The van der Waals surface area contributed by atoms with Crippen molar-refractivity contribution in [3.05, 3.63) is 33.1 Å². The lowest BCUT2D eigenvalue weighted by molar-refractivity contribution is -0.0113. The third-order valence-corrected chi connectivity index (χ3v) is 7.09. The number of H-pyrrole nitrogens is 1. The molecule has 9 heteroatoms. The molecule has 0 aromatic carbocycles. The molecule has 2 rings (SSSR count). The Labute approximate surface area is 153 Å². The molecule has 148 valence electrons. The molecule has 1 aromatic rings. The van der Waals surface area contributed by atoms with Gasteiger partial charge in [0.2, 0.25) is 0 Å². The number of hydrogen-bond acceptors (Lipinski definition) is 6. The average molecular weight is 388 g/mol. The van der Waals surface area contributed by atoms with E-state index in [1.165, 1.54) is 16.8 Å². The van der Waals surface area contributed by atoms with Gasteiger partial charge in [0.25, 0.3) is 5.56 Å². The monoisotopic (exact) mass is 388 g/mol. The predicted octanol–water partition coefficient (Wildman–Crippen LogP) is 1.28. The molecule has 0 spiro atoms. The van der Waals surface area contributed by atoms with Crippen molar-refractivity contribution in [3.8, 4) is 0 Å². The Hall–Kier alpha value is -1.21. The fourth-order valence-electron chi connectivity index (χ4n) is 3.48. The van der Waals surface area contributed by atoms with Gasteiger partial charge in [-0.05, 0) is 39.0 Å². The Morgan fingerprint density at radius 3 is 2.62 bits per heavy atom. The summed E-state index contributed by atoms with van der Waals surface area (Å²) in [6, 6.07) is 0.570. The van der Waals surface area contributed by atoms with Crippen molar-refractivity contribution in [2.24, 2.45) is 5.92 Å². The van der Waals surface area contributed by atoms with E-state index in [-0.39, 0.29) is 11.6 Å². The lowest BCUT2D eigenvalue weighted by Gasteiger charge is -2.30. The van der Waals surface area contributed by atoms with E-state index < -0.39 is 43.1 Å². The second kappa shape index (κ2) is 8.21. The number of aromatic amines is 1. The van der Waals surface area contributed by atoms with Crippen molar-refractivity contribution in [2.45, 2.75) is 76.5 Å². The quantitative estimate of drug-likeness (QED) is 0.605. The molecule has 0 bridgehead atoms. The van der Waals surface area contributed by atoms with Gasteiger partial charge in [0.1, 0.15) is 6.10 Å². The van der Waals surface area contributed by atoms with E-state index in [1.807, 2.05) is 27.7 Å². The highest BCUT2D eigenvalue weighted by Gasteiger charge is 2.45. The minimum atomic E-state index is -2.21. The van der Waals surface area contributed by atoms with Crippen LogP contribution in [0, 0.1) is 5.92 Å². The zero-order valence-electron chi connectivity index (χ0n) is 15.6. The molecule has 8 nitrogen and oxygen atoms in total. The fourth-order valence-corrected chi connectivity index (χ4v) is 4.64. The van der Waals surface area contributed by atoms with E-state index in [0.717, 1.165) is 6.42 Å². The van der Waals surface area contributed by atoms with Crippen LogP contribution < -0.4 is 11.2 Å². The Morgan fingerprint density at radius 2 is 2.04 bits per heavy atom. The van der Waals surface area contributed by atoms with Crippen molar-refractivity contribution in [1.82, 2.24) is 9.55 Å². The molecule has 4 unspecified atom stereocenters. The Morgan fingerprint density at radius 1 is 1.38 bits per heavy atom. The van der Waals surface area contributed by atoms with Gasteiger partial charge in [-0.1, -0.05) is 13.8 Å². The van der Waals surface area contributed by atoms with Crippen LogP contribution in [0.5, 0.6) is 0 Å². The van der Waals surface area contributed by atoms with Gasteiger partial charge in [-0.2, -0.15) is 0 Å². The smallest absolute Gasteiger partial charge is 0.328 e. The average Bonchev–Trinajstić information content (AvgIpc) is 2.81. The highest BCUT2D eigenvalue weighted by Crippen LogP contribution is 2.43. The van der Waals surface area contributed by atoms with Crippen LogP contribution in [-0.4, -0.2) is 43.2 Å². The van der Waals surface area contributed by atoms with Crippen LogP contribution in [-0.2, 0) is 9.09 Å². The molecule has 0 amide bonds. The molecule has 1 aliphatic rings. The van der Waals surface area contributed by atoms with Crippen LogP contribution in [0.25, 0.3) is 0 Å². The van der Waals surface area contributed by atoms with Crippen molar-refractivity contribution >= 4 is 8.03 Å². The molecular formula is C17H29N2O6P. The number of aromatic nitrogens is 2. The lowest BCUT2D eigenvalue weighted by atomic mass is 9.91. The second-order valence-electron chi connectivity index (χ2n) is 7.76. The highest BCUT2D eigenvalue weighted by molar-refractivity contribution is 7.40. The summed E-state index contributed by atoms with van der Waals surface area (Å²) in [5.41, 5.74) is -1.88. The van der Waals surface area contributed by atoms with Gasteiger partial charge in [-0.25, -0.2) is 4.79 Å². The van der Waals surface area contributed by atoms with E-state index in [4.69, 9.17) is 4.52 Å². The SMILES string of the molecule is CCC(C)[PH](=O)OC(C)(C)C[C@H]1CC(n2ccc(=O)[nH]c2=O)[C@H](O)C1O. The molecule has 1 fully saturated rings. The third-order valence-electron chi connectivity index (χ3n) is 5.13. The summed E-state index contributed by atoms with van der Waals surface area (Å²) < 4.78 is 19.2. The number of aliphatic hydroxyl groups excluding tert-OH is 2. The van der Waals surface area contributed by atoms with Gasteiger partial charge in [0, 0.05) is 17.9 Å². The minimum absolute atomic E-state index is 0.0224. The number of aliphatic hydroxyl groups is 2. The number of hydrogen-bond donors (Lipinski definition) is 3. The molecular weight excluding hydrogens is 359 g/mol. The zero-order chi connectivity index (χ0) is 19.6. The normalized spacial score (nSPS) is 28.8. The van der Waals surface area contributed by atoms with E-state index in [2.05, 4.69) is 4.98 Å². The van der Waals surface area contributed by atoms with Crippen LogP contribution in [0.2, 0.25) is 0 Å².